The average Bonchev–Trinajstić information content (AvgIpc) is 3.15. The number of benzene rings is 1. The van der Waals surface area contributed by atoms with E-state index in [4.69, 9.17) is 11.6 Å². The van der Waals surface area contributed by atoms with Crippen LogP contribution in [0.4, 0.5) is 0 Å². The predicted molar refractivity (Wildman–Crippen MR) is 78.0 cm³/mol. The SMILES string of the molecule is Clc1ccccc1-c1nnc2sc(-c3csnn3)nn12. The molecule has 0 saturated carbocycles. The molecule has 20 heavy (non-hydrogen) atoms. The Morgan fingerprint density at radius 1 is 1.10 bits per heavy atom. The molecule has 0 fully saturated rings. The molecule has 0 N–H and O–H groups in total. The van der Waals surface area contributed by atoms with Crippen molar-refractivity contribution in [2.24, 2.45) is 0 Å². The van der Waals surface area contributed by atoms with Crippen molar-refractivity contribution >= 4 is 39.4 Å². The van der Waals surface area contributed by atoms with Crippen LogP contribution >= 0.6 is 34.5 Å². The first-order chi connectivity index (χ1) is 9.83. The molecule has 4 rings (SSSR count). The van der Waals surface area contributed by atoms with E-state index in [2.05, 4.69) is 24.9 Å². The summed E-state index contributed by atoms with van der Waals surface area (Å²) in [6.07, 6.45) is 0. The lowest BCUT2D eigenvalue weighted by Crippen LogP contribution is -1.91. The smallest absolute Gasteiger partial charge is 0.182 e. The number of hydrogen-bond donors (Lipinski definition) is 0. The van der Waals surface area contributed by atoms with Crippen LogP contribution in [0.5, 0.6) is 0 Å². The molecule has 0 aliphatic carbocycles. The number of aromatic nitrogens is 6. The molecule has 1 aromatic carbocycles. The van der Waals surface area contributed by atoms with E-state index >= 15 is 0 Å². The Labute approximate surface area is 125 Å². The zero-order chi connectivity index (χ0) is 13.5. The van der Waals surface area contributed by atoms with Crippen LogP contribution in [0.1, 0.15) is 0 Å². The second-order valence-corrected chi connectivity index (χ2v) is 5.87. The van der Waals surface area contributed by atoms with Gasteiger partial charge in [-0.1, -0.05) is 39.6 Å². The van der Waals surface area contributed by atoms with Gasteiger partial charge in [-0.2, -0.15) is 9.61 Å². The zero-order valence-corrected chi connectivity index (χ0v) is 12.2. The molecular weight excluding hydrogens is 316 g/mol. The van der Waals surface area contributed by atoms with Crippen molar-refractivity contribution in [3.05, 3.63) is 34.7 Å². The summed E-state index contributed by atoms with van der Waals surface area (Å²) in [5.74, 6) is 0.622. The maximum atomic E-state index is 6.20. The van der Waals surface area contributed by atoms with E-state index in [0.717, 1.165) is 16.3 Å². The van der Waals surface area contributed by atoms with Crippen LogP contribution < -0.4 is 0 Å². The monoisotopic (exact) mass is 320 g/mol. The molecule has 6 nitrogen and oxygen atoms in total. The molecule has 0 atom stereocenters. The fourth-order valence-electron chi connectivity index (χ4n) is 1.79. The fraction of sp³-hybridized carbons (Fsp3) is 0. The van der Waals surface area contributed by atoms with Crippen LogP contribution in [0.25, 0.3) is 27.1 Å². The Balaban J connectivity index is 1.92. The summed E-state index contributed by atoms with van der Waals surface area (Å²) in [5, 5.41) is 20.0. The predicted octanol–water partition coefficient (Wildman–Crippen LogP) is 3.02. The van der Waals surface area contributed by atoms with E-state index in [0.29, 0.717) is 15.8 Å². The van der Waals surface area contributed by atoms with E-state index < -0.39 is 0 Å². The quantitative estimate of drug-likeness (QED) is 0.568. The minimum atomic E-state index is 0.617. The molecule has 0 unspecified atom stereocenters. The van der Waals surface area contributed by atoms with Crippen molar-refractivity contribution in [2.75, 3.05) is 0 Å². The Morgan fingerprint density at radius 2 is 2.00 bits per heavy atom. The highest BCUT2D eigenvalue weighted by Gasteiger charge is 2.16. The van der Waals surface area contributed by atoms with Gasteiger partial charge in [0, 0.05) is 10.9 Å². The molecule has 0 saturated heterocycles. The average molecular weight is 321 g/mol. The molecule has 4 aromatic rings. The lowest BCUT2D eigenvalue weighted by atomic mass is 10.2. The highest BCUT2D eigenvalue weighted by molar-refractivity contribution is 7.20. The van der Waals surface area contributed by atoms with Gasteiger partial charge in [0.25, 0.3) is 0 Å². The van der Waals surface area contributed by atoms with Crippen molar-refractivity contribution in [1.29, 1.82) is 0 Å². The van der Waals surface area contributed by atoms with Crippen molar-refractivity contribution < 1.29 is 0 Å². The topological polar surface area (TPSA) is 68.9 Å². The maximum absolute atomic E-state index is 6.20. The van der Waals surface area contributed by atoms with E-state index in [9.17, 15) is 0 Å². The molecule has 0 aliphatic heterocycles. The minimum absolute atomic E-state index is 0.617. The van der Waals surface area contributed by atoms with Crippen LogP contribution in [-0.2, 0) is 0 Å². The number of hydrogen-bond acceptors (Lipinski definition) is 7. The summed E-state index contributed by atoms with van der Waals surface area (Å²) in [5.41, 5.74) is 1.55. The molecular formula is C11H5ClN6S2. The molecule has 0 radical (unpaired) electrons. The Bertz CT molecular complexity index is 881. The van der Waals surface area contributed by atoms with Gasteiger partial charge in [-0.05, 0) is 23.7 Å². The van der Waals surface area contributed by atoms with Gasteiger partial charge in [0.15, 0.2) is 10.8 Å². The lowest BCUT2D eigenvalue weighted by Gasteiger charge is -1.99. The van der Waals surface area contributed by atoms with Crippen LogP contribution in [0.2, 0.25) is 5.02 Å². The normalized spacial score (nSPS) is 11.2. The van der Waals surface area contributed by atoms with E-state index in [1.165, 1.54) is 22.9 Å². The Morgan fingerprint density at radius 3 is 2.80 bits per heavy atom. The summed E-state index contributed by atoms with van der Waals surface area (Å²) in [7, 11) is 0. The summed E-state index contributed by atoms with van der Waals surface area (Å²) >= 11 is 8.90. The first kappa shape index (κ1) is 11.9. The van der Waals surface area contributed by atoms with E-state index in [1.54, 1.807) is 4.52 Å². The highest BCUT2D eigenvalue weighted by atomic mass is 35.5. The second kappa shape index (κ2) is 4.58. The highest BCUT2D eigenvalue weighted by Crippen LogP contribution is 2.30. The molecule has 98 valence electrons. The Hall–Kier alpha value is -1.90. The van der Waals surface area contributed by atoms with E-state index in [-0.39, 0.29) is 0 Å². The third kappa shape index (κ3) is 1.80. The third-order valence-electron chi connectivity index (χ3n) is 2.68. The van der Waals surface area contributed by atoms with Crippen molar-refractivity contribution in [1.82, 2.24) is 29.4 Å². The largest absolute Gasteiger partial charge is 0.235 e. The van der Waals surface area contributed by atoms with Gasteiger partial charge in [0.2, 0.25) is 4.96 Å². The zero-order valence-electron chi connectivity index (χ0n) is 9.76. The molecule has 3 aromatic heterocycles. The lowest BCUT2D eigenvalue weighted by molar-refractivity contribution is 0.965. The summed E-state index contributed by atoms with van der Waals surface area (Å²) in [4.78, 5) is 0.697. The second-order valence-electron chi connectivity index (χ2n) is 3.90. The Kier molecular flexibility index (Phi) is 2.72. The standard InChI is InChI=1S/C11H5ClN6S2/c12-7-4-2-1-3-6(7)9-14-15-11-18(9)16-10(20-11)8-5-19-17-13-8/h1-5H. The molecule has 0 bridgehead atoms. The third-order valence-corrected chi connectivity index (χ3v) is 4.44. The number of halogens is 1. The van der Waals surface area contributed by atoms with Crippen molar-refractivity contribution in [2.45, 2.75) is 0 Å². The van der Waals surface area contributed by atoms with Gasteiger partial charge in [0.05, 0.1) is 5.02 Å². The van der Waals surface area contributed by atoms with Crippen LogP contribution in [0, 0.1) is 0 Å². The molecule has 3 heterocycles. The summed E-state index contributed by atoms with van der Waals surface area (Å²) in [6, 6.07) is 7.48. The van der Waals surface area contributed by atoms with Crippen LogP contribution in [0.15, 0.2) is 29.6 Å². The van der Waals surface area contributed by atoms with E-state index in [1.807, 2.05) is 29.6 Å². The van der Waals surface area contributed by atoms with Gasteiger partial charge in [-0.25, -0.2) is 0 Å². The summed E-state index contributed by atoms with van der Waals surface area (Å²) < 4.78 is 5.52. The first-order valence-corrected chi connectivity index (χ1v) is 7.60. The molecule has 0 spiro atoms. The maximum Gasteiger partial charge on any atom is 0.235 e. The molecule has 0 aliphatic rings. The number of rotatable bonds is 2. The number of nitrogens with zero attached hydrogens (tertiary/aromatic N) is 6. The van der Waals surface area contributed by atoms with Gasteiger partial charge >= 0.3 is 0 Å². The van der Waals surface area contributed by atoms with Gasteiger partial charge < -0.3 is 0 Å². The summed E-state index contributed by atoms with van der Waals surface area (Å²) in [6.45, 7) is 0. The molecule has 9 heteroatoms. The van der Waals surface area contributed by atoms with Gasteiger partial charge in [0.1, 0.15) is 5.69 Å². The van der Waals surface area contributed by atoms with Crippen LogP contribution in [0.3, 0.4) is 0 Å². The van der Waals surface area contributed by atoms with Crippen LogP contribution in [-0.4, -0.2) is 29.4 Å². The first-order valence-electron chi connectivity index (χ1n) is 5.57. The van der Waals surface area contributed by atoms with Gasteiger partial charge in [-0.3, -0.25) is 0 Å². The van der Waals surface area contributed by atoms with Crippen molar-refractivity contribution in [3.63, 3.8) is 0 Å². The minimum Gasteiger partial charge on any atom is -0.182 e. The fourth-order valence-corrected chi connectivity index (χ4v) is 3.32. The van der Waals surface area contributed by atoms with Gasteiger partial charge in [-0.15, -0.1) is 15.3 Å². The van der Waals surface area contributed by atoms with Crippen molar-refractivity contribution in [3.8, 4) is 22.1 Å². The molecule has 0 amide bonds. The number of fused-ring (bicyclic) bond motifs is 1.